The molecule has 9 heteroatoms. The molecule has 2 unspecified atom stereocenters. The monoisotopic (exact) mass is 457 g/mol. The van der Waals surface area contributed by atoms with Crippen molar-refractivity contribution >= 4 is 17.4 Å². The van der Waals surface area contributed by atoms with Crippen LogP contribution in [0.3, 0.4) is 0 Å². The number of hydrogen-bond acceptors (Lipinski definition) is 5. The second-order valence-electron chi connectivity index (χ2n) is 8.10. The number of benzene rings is 1. The molecule has 176 valence electrons. The number of rotatable bonds is 5. The molecule has 1 aromatic carbocycles. The molecule has 0 bridgehead atoms. The van der Waals surface area contributed by atoms with Crippen LogP contribution in [0.25, 0.3) is 0 Å². The quantitative estimate of drug-likeness (QED) is 0.505. The van der Waals surface area contributed by atoms with Gasteiger partial charge in [0.05, 0.1) is 25.0 Å². The van der Waals surface area contributed by atoms with E-state index in [-0.39, 0.29) is 29.8 Å². The van der Waals surface area contributed by atoms with Gasteiger partial charge in [0.25, 0.3) is 5.91 Å². The lowest BCUT2D eigenvalue weighted by Gasteiger charge is -2.28. The first kappa shape index (κ1) is 25.9. The predicted octanol–water partition coefficient (Wildman–Crippen LogP) is 4.55. The third-order valence-electron chi connectivity index (χ3n) is 5.17. The Labute approximate surface area is 192 Å². The number of amidine groups is 1. The Bertz CT molecular complexity index is 1060. The maximum Gasteiger partial charge on any atom is 0.274 e. The molecule has 0 saturated carbocycles. The smallest absolute Gasteiger partial charge is 0.274 e. The third-order valence-corrected chi connectivity index (χ3v) is 5.17. The minimum Gasteiger partial charge on any atom is -0.386 e. The largest absolute Gasteiger partial charge is 0.386 e. The number of amides is 1. The molecular weight excluding hydrogens is 428 g/mol. The van der Waals surface area contributed by atoms with Crippen LogP contribution in [-0.4, -0.2) is 29.4 Å². The van der Waals surface area contributed by atoms with E-state index < -0.39 is 28.5 Å². The highest BCUT2D eigenvalue weighted by Crippen LogP contribution is 2.41. The van der Waals surface area contributed by atoms with Crippen LogP contribution in [0.4, 0.5) is 14.5 Å². The molecule has 2 heterocycles. The summed E-state index contributed by atoms with van der Waals surface area (Å²) in [7, 11) is 0. The van der Waals surface area contributed by atoms with Gasteiger partial charge in [-0.05, 0) is 51.1 Å². The van der Waals surface area contributed by atoms with Crippen LogP contribution >= 0.6 is 0 Å². The lowest BCUT2D eigenvalue weighted by Crippen LogP contribution is -2.36. The third kappa shape index (κ3) is 5.90. The van der Waals surface area contributed by atoms with Gasteiger partial charge in [0.2, 0.25) is 0 Å². The molecule has 1 aliphatic rings. The Morgan fingerprint density at radius 3 is 2.58 bits per heavy atom. The number of aromatic nitrogens is 1. The number of nitrogens with two attached hydrogens (primary N) is 1. The van der Waals surface area contributed by atoms with E-state index in [2.05, 4.69) is 21.4 Å². The summed E-state index contributed by atoms with van der Waals surface area (Å²) in [6, 6.07) is 8.55. The van der Waals surface area contributed by atoms with E-state index in [0.29, 0.717) is 12.1 Å². The molecule has 1 fully saturated rings. The molecule has 7 nitrogen and oxygen atoms in total. The molecule has 3 rings (SSSR count). The number of carbonyl (C=O) groups excluding carboxylic acids is 1. The van der Waals surface area contributed by atoms with Gasteiger partial charge in [0, 0.05) is 17.7 Å². The first-order valence-electron chi connectivity index (χ1n) is 10.7. The van der Waals surface area contributed by atoms with Crippen LogP contribution < -0.4 is 11.1 Å². The average molecular weight is 458 g/mol. The second-order valence-corrected chi connectivity index (χ2v) is 8.10. The molecule has 0 spiro atoms. The van der Waals surface area contributed by atoms with Crippen LogP contribution in [-0.2, 0) is 10.3 Å². The van der Waals surface area contributed by atoms with Crippen molar-refractivity contribution in [2.24, 2.45) is 16.1 Å². The van der Waals surface area contributed by atoms with Gasteiger partial charge in [-0.25, -0.2) is 13.8 Å². The zero-order chi connectivity index (χ0) is 24.8. The lowest BCUT2D eigenvalue weighted by atomic mass is 9.86. The number of anilines is 1. The van der Waals surface area contributed by atoms with Crippen molar-refractivity contribution in [1.29, 1.82) is 5.26 Å². The van der Waals surface area contributed by atoms with E-state index in [1.165, 1.54) is 24.3 Å². The SMILES string of the molecule is CC.CC1CC(N=C(N)C(C)(C)C#N)(c2cc(NC(=O)c3ccc(F)cn3)ccc2F)CO1. The number of nitriles is 1. The summed E-state index contributed by atoms with van der Waals surface area (Å²) < 4.78 is 33.7. The standard InChI is InChI=1S/C22H23F2N5O2.C2H6/c1-13-9-22(12-31-13,29-20(26)21(2,3)11-25)16-8-15(5-6-17(16)24)28-19(30)18-7-4-14(23)10-27-18;1-2/h4-8,10,13H,9,12H2,1-3H3,(H2,26,29)(H,28,30);1-2H3. The van der Waals surface area contributed by atoms with E-state index in [4.69, 9.17) is 10.5 Å². The molecule has 1 aromatic heterocycles. The highest BCUT2D eigenvalue weighted by atomic mass is 19.1. The molecule has 2 aromatic rings. The number of nitrogens with one attached hydrogen (secondary N) is 1. The van der Waals surface area contributed by atoms with Crippen molar-refractivity contribution in [3.05, 3.63) is 59.4 Å². The number of hydrogen-bond donors (Lipinski definition) is 2. The number of carbonyl (C=O) groups is 1. The van der Waals surface area contributed by atoms with Crippen molar-refractivity contribution in [2.45, 2.75) is 52.7 Å². The van der Waals surface area contributed by atoms with Gasteiger partial charge in [-0.15, -0.1) is 0 Å². The highest BCUT2D eigenvalue weighted by Gasteiger charge is 2.43. The molecule has 0 aliphatic carbocycles. The van der Waals surface area contributed by atoms with Crippen LogP contribution in [0.15, 0.2) is 41.5 Å². The van der Waals surface area contributed by atoms with Crippen molar-refractivity contribution in [3.63, 3.8) is 0 Å². The first-order chi connectivity index (χ1) is 15.6. The molecule has 1 saturated heterocycles. The maximum absolute atomic E-state index is 14.9. The summed E-state index contributed by atoms with van der Waals surface area (Å²) in [6.45, 7) is 9.17. The molecule has 33 heavy (non-hydrogen) atoms. The Balaban J connectivity index is 0.00000187. The number of aliphatic imine (C=N–C) groups is 1. The summed E-state index contributed by atoms with van der Waals surface area (Å²) >= 11 is 0. The van der Waals surface area contributed by atoms with E-state index >= 15 is 0 Å². The van der Waals surface area contributed by atoms with Gasteiger partial charge in [0.1, 0.15) is 34.1 Å². The summed E-state index contributed by atoms with van der Waals surface area (Å²) in [4.78, 5) is 20.7. The zero-order valence-corrected chi connectivity index (χ0v) is 19.4. The number of halogens is 2. The van der Waals surface area contributed by atoms with Gasteiger partial charge in [-0.2, -0.15) is 5.26 Å². The Kier molecular flexibility index (Phi) is 8.23. The van der Waals surface area contributed by atoms with Gasteiger partial charge >= 0.3 is 0 Å². The summed E-state index contributed by atoms with van der Waals surface area (Å²) in [5, 5.41) is 12.0. The molecule has 1 aliphatic heterocycles. The molecule has 0 radical (unpaired) electrons. The molecule has 3 N–H and O–H groups in total. The first-order valence-corrected chi connectivity index (χ1v) is 10.7. The number of ether oxygens (including phenoxy) is 1. The van der Waals surface area contributed by atoms with Crippen LogP contribution in [0.1, 0.15) is 57.1 Å². The maximum atomic E-state index is 14.9. The minimum absolute atomic E-state index is 0.0119. The highest BCUT2D eigenvalue weighted by molar-refractivity contribution is 6.02. The fraction of sp³-hybridized carbons (Fsp3) is 0.417. The number of nitrogens with zero attached hydrogens (tertiary/aromatic N) is 3. The van der Waals surface area contributed by atoms with Crippen molar-refractivity contribution in [3.8, 4) is 6.07 Å². The van der Waals surface area contributed by atoms with E-state index in [1.54, 1.807) is 13.8 Å². The minimum atomic E-state index is -1.14. The van der Waals surface area contributed by atoms with Gasteiger partial charge in [-0.1, -0.05) is 13.8 Å². The number of pyridine rings is 1. The topological polar surface area (TPSA) is 113 Å². The summed E-state index contributed by atoms with van der Waals surface area (Å²) in [6.07, 6.45) is 1.08. The van der Waals surface area contributed by atoms with Crippen LogP contribution in [0.2, 0.25) is 0 Å². The zero-order valence-electron chi connectivity index (χ0n) is 19.4. The van der Waals surface area contributed by atoms with Gasteiger partial charge < -0.3 is 15.8 Å². The van der Waals surface area contributed by atoms with Crippen LogP contribution in [0.5, 0.6) is 0 Å². The Morgan fingerprint density at radius 2 is 2.03 bits per heavy atom. The van der Waals surface area contributed by atoms with Gasteiger partial charge in [-0.3, -0.25) is 9.79 Å². The molecule has 2 atom stereocenters. The molecular formula is C24H29F2N5O2. The normalized spacial score (nSPS) is 20.4. The Morgan fingerprint density at radius 1 is 1.33 bits per heavy atom. The van der Waals surface area contributed by atoms with Gasteiger partial charge in [0.15, 0.2) is 0 Å². The van der Waals surface area contributed by atoms with Crippen molar-refractivity contribution in [2.75, 3.05) is 11.9 Å². The predicted molar refractivity (Wildman–Crippen MR) is 123 cm³/mol. The van der Waals surface area contributed by atoms with E-state index in [1.807, 2.05) is 20.8 Å². The average Bonchev–Trinajstić information content (AvgIpc) is 3.17. The van der Waals surface area contributed by atoms with Crippen LogP contribution in [0, 0.1) is 28.4 Å². The van der Waals surface area contributed by atoms with E-state index in [9.17, 15) is 18.8 Å². The van der Waals surface area contributed by atoms with E-state index in [0.717, 1.165) is 12.3 Å². The lowest BCUT2D eigenvalue weighted by molar-refractivity contribution is 0.102. The Hall–Kier alpha value is -3.38. The fourth-order valence-electron chi connectivity index (χ4n) is 3.29. The van der Waals surface area contributed by atoms with Crippen molar-refractivity contribution in [1.82, 2.24) is 4.98 Å². The summed E-state index contributed by atoms with van der Waals surface area (Å²) in [5.41, 5.74) is 4.43. The molecule has 1 amide bonds. The second kappa shape index (κ2) is 10.5. The summed E-state index contributed by atoms with van der Waals surface area (Å²) in [5.74, 6) is -1.61. The van der Waals surface area contributed by atoms with Crippen molar-refractivity contribution < 1.29 is 18.3 Å². The fourth-order valence-corrected chi connectivity index (χ4v) is 3.29.